The highest BCUT2D eigenvalue weighted by Gasteiger charge is 2.34. The van der Waals surface area contributed by atoms with E-state index in [4.69, 9.17) is 23.2 Å². The molecule has 2 aliphatic rings. The van der Waals surface area contributed by atoms with Gasteiger partial charge >= 0.3 is 0 Å². The first-order valence-corrected chi connectivity index (χ1v) is 8.05. The van der Waals surface area contributed by atoms with Crippen molar-refractivity contribution in [2.75, 3.05) is 39.3 Å². The Bertz CT molecular complexity index is 526. The molecule has 0 saturated carbocycles. The van der Waals surface area contributed by atoms with Gasteiger partial charge in [-0.05, 0) is 17.7 Å². The van der Waals surface area contributed by atoms with Gasteiger partial charge in [0.25, 0.3) is 0 Å². The number of carbonyl (C=O) groups excluding carboxylic acids is 1. The molecule has 0 bridgehead atoms. The Hall–Kier alpha value is -0.810. The summed E-state index contributed by atoms with van der Waals surface area (Å²) in [5.74, 6) is 0.166. The Morgan fingerprint density at radius 1 is 1.19 bits per heavy atom. The second-order valence-corrected chi connectivity index (χ2v) is 6.48. The molecule has 6 heteroatoms. The van der Waals surface area contributed by atoms with Crippen LogP contribution in [0.4, 0.5) is 0 Å². The van der Waals surface area contributed by atoms with Gasteiger partial charge < -0.3 is 10.2 Å². The summed E-state index contributed by atoms with van der Waals surface area (Å²) in [6.07, 6.45) is 0.394. The number of hydrogen-bond acceptors (Lipinski definition) is 3. The van der Waals surface area contributed by atoms with E-state index in [1.165, 1.54) is 0 Å². The van der Waals surface area contributed by atoms with Gasteiger partial charge in [-0.3, -0.25) is 9.69 Å². The minimum atomic E-state index is 0.166. The van der Waals surface area contributed by atoms with E-state index in [1.54, 1.807) is 12.1 Å². The lowest BCUT2D eigenvalue weighted by Gasteiger charge is -2.46. The van der Waals surface area contributed by atoms with Crippen molar-refractivity contribution >= 4 is 29.1 Å². The topological polar surface area (TPSA) is 35.6 Å². The van der Waals surface area contributed by atoms with Crippen molar-refractivity contribution in [1.29, 1.82) is 0 Å². The van der Waals surface area contributed by atoms with E-state index < -0.39 is 0 Å². The maximum absolute atomic E-state index is 12.2. The molecule has 0 atom stereocenters. The van der Waals surface area contributed by atoms with Crippen molar-refractivity contribution in [2.24, 2.45) is 0 Å². The number of nitrogens with one attached hydrogen (secondary N) is 1. The third kappa shape index (κ3) is 3.51. The van der Waals surface area contributed by atoms with Crippen molar-refractivity contribution in [3.05, 3.63) is 33.8 Å². The molecule has 3 rings (SSSR count). The lowest BCUT2D eigenvalue weighted by atomic mass is 10.0. The first kappa shape index (κ1) is 15.1. The van der Waals surface area contributed by atoms with Crippen LogP contribution in [-0.4, -0.2) is 61.0 Å². The average molecular weight is 328 g/mol. The highest BCUT2D eigenvalue weighted by Crippen LogP contribution is 2.24. The number of halogens is 2. The molecule has 0 unspecified atom stereocenters. The first-order chi connectivity index (χ1) is 10.1. The van der Waals surface area contributed by atoms with Gasteiger partial charge in [0, 0.05) is 45.3 Å². The molecule has 21 heavy (non-hydrogen) atoms. The molecule has 0 aliphatic carbocycles. The molecule has 2 fully saturated rings. The molecule has 1 N–H and O–H groups in total. The Morgan fingerprint density at radius 2 is 1.90 bits per heavy atom. The minimum absolute atomic E-state index is 0.166. The summed E-state index contributed by atoms with van der Waals surface area (Å²) in [5.41, 5.74) is 0.917. The zero-order valence-corrected chi connectivity index (χ0v) is 13.3. The van der Waals surface area contributed by atoms with Crippen LogP contribution >= 0.6 is 23.2 Å². The molecule has 2 aliphatic heterocycles. The van der Waals surface area contributed by atoms with Crippen molar-refractivity contribution in [3.63, 3.8) is 0 Å². The molecule has 1 amide bonds. The van der Waals surface area contributed by atoms with E-state index in [2.05, 4.69) is 10.2 Å². The summed E-state index contributed by atoms with van der Waals surface area (Å²) in [6.45, 7) is 5.96. The highest BCUT2D eigenvalue weighted by atomic mass is 35.5. The monoisotopic (exact) mass is 327 g/mol. The lowest BCUT2D eigenvalue weighted by molar-refractivity contribution is -0.138. The maximum Gasteiger partial charge on any atom is 0.227 e. The molecule has 1 aromatic carbocycles. The molecule has 1 aromatic rings. The van der Waals surface area contributed by atoms with Gasteiger partial charge in [-0.2, -0.15) is 0 Å². The van der Waals surface area contributed by atoms with Gasteiger partial charge in [0.1, 0.15) is 0 Å². The predicted molar refractivity (Wildman–Crippen MR) is 85.0 cm³/mol. The standard InChI is InChI=1S/C15H19Cl2N3O/c16-13-2-1-11(7-14(13)17)8-15(21)20-9-12(10-20)19-5-3-18-4-6-19/h1-2,7,12,18H,3-6,8-10H2. The zero-order valence-electron chi connectivity index (χ0n) is 11.8. The van der Waals surface area contributed by atoms with Crippen LogP contribution in [0.25, 0.3) is 0 Å². The highest BCUT2D eigenvalue weighted by molar-refractivity contribution is 6.42. The fraction of sp³-hybridized carbons (Fsp3) is 0.533. The van der Waals surface area contributed by atoms with Crippen LogP contribution in [0.1, 0.15) is 5.56 Å². The molecule has 2 saturated heterocycles. The van der Waals surface area contributed by atoms with Gasteiger partial charge in [0.15, 0.2) is 0 Å². The van der Waals surface area contributed by atoms with Gasteiger partial charge in [0.05, 0.1) is 16.5 Å². The van der Waals surface area contributed by atoms with Crippen LogP contribution in [0.2, 0.25) is 10.0 Å². The summed E-state index contributed by atoms with van der Waals surface area (Å²) >= 11 is 11.9. The van der Waals surface area contributed by atoms with E-state index in [-0.39, 0.29) is 5.91 Å². The summed E-state index contributed by atoms with van der Waals surface area (Å²) in [7, 11) is 0. The molecule has 0 aromatic heterocycles. The van der Waals surface area contributed by atoms with Crippen LogP contribution in [0.15, 0.2) is 18.2 Å². The van der Waals surface area contributed by atoms with Crippen LogP contribution in [-0.2, 0) is 11.2 Å². The van der Waals surface area contributed by atoms with Crippen LogP contribution < -0.4 is 5.32 Å². The molecule has 4 nitrogen and oxygen atoms in total. The number of carbonyl (C=O) groups is 1. The summed E-state index contributed by atoms with van der Waals surface area (Å²) in [6, 6.07) is 5.91. The van der Waals surface area contributed by atoms with Gasteiger partial charge in [-0.15, -0.1) is 0 Å². The second-order valence-electron chi connectivity index (χ2n) is 5.66. The Morgan fingerprint density at radius 3 is 2.57 bits per heavy atom. The van der Waals surface area contributed by atoms with Gasteiger partial charge in [-0.25, -0.2) is 0 Å². The number of amides is 1. The fourth-order valence-electron chi connectivity index (χ4n) is 2.87. The Balaban J connectivity index is 1.50. The minimum Gasteiger partial charge on any atom is -0.339 e. The summed E-state index contributed by atoms with van der Waals surface area (Å²) < 4.78 is 0. The van der Waals surface area contributed by atoms with E-state index in [9.17, 15) is 4.79 Å². The molecule has 114 valence electrons. The van der Waals surface area contributed by atoms with Crippen LogP contribution in [0, 0.1) is 0 Å². The summed E-state index contributed by atoms with van der Waals surface area (Å²) in [5, 5.41) is 4.38. The van der Waals surface area contributed by atoms with E-state index in [0.29, 0.717) is 22.5 Å². The quantitative estimate of drug-likeness (QED) is 0.917. The van der Waals surface area contributed by atoms with Gasteiger partial charge in [0.2, 0.25) is 5.91 Å². The molecular weight excluding hydrogens is 309 g/mol. The number of benzene rings is 1. The number of hydrogen-bond donors (Lipinski definition) is 1. The van der Waals surface area contributed by atoms with E-state index in [1.807, 2.05) is 11.0 Å². The Kier molecular flexibility index (Phi) is 4.69. The van der Waals surface area contributed by atoms with Crippen molar-refractivity contribution in [1.82, 2.24) is 15.1 Å². The first-order valence-electron chi connectivity index (χ1n) is 7.30. The molecule has 0 radical (unpaired) electrons. The van der Waals surface area contributed by atoms with Crippen LogP contribution in [0.5, 0.6) is 0 Å². The molecule has 0 spiro atoms. The number of nitrogens with zero attached hydrogens (tertiary/aromatic N) is 2. The van der Waals surface area contributed by atoms with Crippen molar-refractivity contribution in [3.8, 4) is 0 Å². The zero-order chi connectivity index (χ0) is 14.8. The van der Waals surface area contributed by atoms with Gasteiger partial charge in [-0.1, -0.05) is 29.3 Å². The van der Waals surface area contributed by atoms with Crippen molar-refractivity contribution in [2.45, 2.75) is 12.5 Å². The van der Waals surface area contributed by atoms with Crippen molar-refractivity contribution < 1.29 is 4.79 Å². The third-order valence-electron chi connectivity index (χ3n) is 4.22. The van der Waals surface area contributed by atoms with Crippen LogP contribution in [0.3, 0.4) is 0 Å². The fourth-order valence-corrected chi connectivity index (χ4v) is 3.19. The molecular formula is C15H19Cl2N3O. The SMILES string of the molecule is O=C(Cc1ccc(Cl)c(Cl)c1)N1CC(N2CCNCC2)C1. The summed E-state index contributed by atoms with van der Waals surface area (Å²) in [4.78, 5) is 16.6. The Labute approximate surface area is 135 Å². The second kappa shape index (κ2) is 6.53. The molecule has 2 heterocycles. The third-order valence-corrected chi connectivity index (χ3v) is 4.96. The predicted octanol–water partition coefficient (Wildman–Crippen LogP) is 1.65. The largest absolute Gasteiger partial charge is 0.339 e. The number of rotatable bonds is 3. The lowest BCUT2D eigenvalue weighted by Crippen LogP contribution is -2.64. The normalized spacial score (nSPS) is 20.4. The average Bonchev–Trinajstić information content (AvgIpc) is 2.42. The smallest absolute Gasteiger partial charge is 0.227 e. The maximum atomic E-state index is 12.2. The van der Waals surface area contributed by atoms with E-state index >= 15 is 0 Å². The number of likely N-dealkylation sites (tertiary alicyclic amines) is 1. The van der Waals surface area contributed by atoms with E-state index in [0.717, 1.165) is 44.8 Å². The number of piperazine rings is 1.